The molecule has 0 bridgehead atoms. The third-order valence-electron chi connectivity index (χ3n) is 2.91. The van der Waals surface area contributed by atoms with Gasteiger partial charge in [-0.2, -0.15) is 0 Å². The molecule has 0 aliphatic heterocycles. The standard InChI is InChI=1S/C16H14N2O/c17-11-12-10-16(19-13-6-2-1-3-7-13)14-8-4-5-9-15(14)18-12/h1-10H,11,17H2. The Hall–Kier alpha value is -2.39. The third kappa shape index (κ3) is 2.41. The molecule has 0 aliphatic carbocycles. The van der Waals surface area contributed by atoms with Crippen LogP contribution in [0.4, 0.5) is 0 Å². The van der Waals surface area contributed by atoms with E-state index in [4.69, 9.17) is 10.5 Å². The minimum atomic E-state index is 0.399. The summed E-state index contributed by atoms with van der Waals surface area (Å²) in [5.74, 6) is 1.60. The summed E-state index contributed by atoms with van der Waals surface area (Å²) in [6, 6.07) is 19.5. The lowest BCUT2D eigenvalue weighted by Crippen LogP contribution is -2.00. The molecule has 0 saturated carbocycles. The molecule has 0 unspecified atom stereocenters. The van der Waals surface area contributed by atoms with E-state index in [-0.39, 0.29) is 0 Å². The summed E-state index contributed by atoms with van der Waals surface area (Å²) in [4.78, 5) is 4.49. The van der Waals surface area contributed by atoms with Crippen LogP contribution in [0.15, 0.2) is 60.7 Å². The lowest BCUT2D eigenvalue weighted by Gasteiger charge is -2.10. The van der Waals surface area contributed by atoms with Gasteiger partial charge in [0, 0.05) is 18.0 Å². The zero-order chi connectivity index (χ0) is 13.1. The Morgan fingerprint density at radius 3 is 2.47 bits per heavy atom. The Morgan fingerprint density at radius 1 is 0.947 bits per heavy atom. The van der Waals surface area contributed by atoms with E-state index in [0.29, 0.717) is 6.54 Å². The minimum absolute atomic E-state index is 0.399. The molecule has 3 nitrogen and oxygen atoms in total. The van der Waals surface area contributed by atoms with Gasteiger partial charge in [-0.25, -0.2) is 0 Å². The van der Waals surface area contributed by atoms with Crippen LogP contribution in [0.5, 0.6) is 11.5 Å². The van der Waals surface area contributed by atoms with Crippen LogP contribution in [0.1, 0.15) is 5.69 Å². The van der Waals surface area contributed by atoms with Gasteiger partial charge in [-0.1, -0.05) is 30.3 Å². The van der Waals surface area contributed by atoms with Gasteiger partial charge >= 0.3 is 0 Å². The normalized spacial score (nSPS) is 10.6. The minimum Gasteiger partial charge on any atom is -0.457 e. The Bertz CT molecular complexity index is 695. The van der Waals surface area contributed by atoms with E-state index in [1.54, 1.807) is 0 Å². The first-order valence-corrected chi connectivity index (χ1v) is 6.18. The molecule has 2 aromatic carbocycles. The molecule has 1 heterocycles. The molecule has 0 saturated heterocycles. The van der Waals surface area contributed by atoms with Crippen molar-refractivity contribution in [2.45, 2.75) is 6.54 Å². The summed E-state index contributed by atoms with van der Waals surface area (Å²) in [6.07, 6.45) is 0. The number of hydrogen-bond donors (Lipinski definition) is 1. The van der Waals surface area contributed by atoms with Crippen LogP contribution in [0, 0.1) is 0 Å². The van der Waals surface area contributed by atoms with Crippen LogP contribution in [0.25, 0.3) is 10.9 Å². The number of benzene rings is 2. The molecule has 94 valence electrons. The molecule has 0 fully saturated rings. The fraction of sp³-hybridized carbons (Fsp3) is 0.0625. The van der Waals surface area contributed by atoms with Crippen molar-refractivity contribution in [1.29, 1.82) is 0 Å². The van der Waals surface area contributed by atoms with Gasteiger partial charge < -0.3 is 10.5 Å². The molecule has 3 heteroatoms. The van der Waals surface area contributed by atoms with Crippen LogP contribution in [0.3, 0.4) is 0 Å². The van der Waals surface area contributed by atoms with Crippen molar-refractivity contribution >= 4 is 10.9 Å². The fourth-order valence-electron chi connectivity index (χ4n) is 2.00. The SMILES string of the molecule is NCc1cc(Oc2ccccc2)c2ccccc2n1. The predicted octanol–water partition coefficient (Wildman–Crippen LogP) is 3.49. The first kappa shape index (κ1) is 11.7. The summed E-state index contributed by atoms with van der Waals surface area (Å²) in [5, 5.41) is 0.989. The van der Waals surface area contributed by atoms with E-state index in [2.05, 4.69) is 4.98 Å². The van der Waals surface area contributed by atoms with Crippen molar-refractivity contribution in [2.75, 3.05) is 0 Å². The average molecular weight is 250 g/mol. The van der Waals surface area contributed by atoms with E-state index in [9.17, 15) is 0 Å². The van der Waals surface area contributed by atoms with E-state index in [1.807, 2.05) is 60.7 Å². The van der Waals surface area contributed by atoms with Gasteiger partial charge in [-0.3, -0.25) is 4.98 Å². The zero-order valence-corrected chi connectivity index (χ0v) is 10.4. The van der Waals surface area contributed by atoms with Crippen LogP contribution in [-0.4, -0.2) is 4.98 Å². The Balaban J connectivity index is 2.11. The number of rotatable bonds is 3. The number of nitrogens with two attached hydrogens (primary N) is 1. The average Bonchev–Trinajstić information content (AvgIpc) is 2.48. The molecule has 3 aromatic rings. The number of hydrogen-bond acceptors (Lipinski definition) is 3. The molecule has 0 atom stereocenters. The second-order valence-electron chi connectivity index (χ2n) is 4.25. The van der Waals surface area contributed by atoms with E-state index in [1.165, 1.54) is 0 Å². The predicted molar refractivity (Wildman–Crippen MR) is 76.2 cm³/mol. The highest BCUT2D eigenvalue weighted by Gasteiger charge is 2.06. The molecule has 2 N–H and O–H groups in total. The molecule has 0 spiro atoms. The molecule has 1 aromatic heterocycles. The number of fused-ring (bicyclic) bond motifs is 1. The Morgan fingerprint density at radius 2 is 1.68 bits per heavy atom. The largest absolute Gasteiger partial charge is 0.457 e. The Labute approximate surface area is 111 Å². The maximum Gasteiger partial charge on any atom is 0.138 e. The Kier molecular flexibility index (Phi) is 3.12. The van der Waals surface area contributed by atoms with Crippen molar-refractivity contribution in [3.63, 3.8) is 0 Å². The van der Waals surface area contributed by atoms with Gasteiger partial charge in [-0.05, 0) is 24.3 Å². The number of ether oxygens (including phenoxy) is 1. The van der Waals surface area contributed by atoms with Gasteiger partial charge in [0.15, 0.2) is 0 Å². The summed E-state index contributed by atoms with van der Waals surface area (Å²) >= 11 is 0. The van der Waals surface area contributed by atoms with Crippen LogP contribution >= 0.6 is 0 Å². The first-order valence-electron chi connectivity index (χ1n) is 6.18. The highest BCUT2D eigenvalue weighted by Crippen LogP contribution is 2.29. The molecule has 0 aliphatic rings. The van der Waals surface area contributed by atoms with Gasteiger partial charge in [-0.15, -0.1) is 0 Å². The van der Waals surface area contributed by atoms with Crippen molar-refractivity contribution in [2.24, 2.45) is 5.73 Å². The second-order valence-corrected chi connectivity index (χ2v) is 4.25. The van der Waals surface area contributed by atoms with Crippen LogP contribution in [0.2, 0.25) is 0 Å². The van der Waals surface area contributed by atoms with Crippen molar-refractivity contribution in [3.8, 4) is 11.5 Å². The van der Waals surface area contributed by atoms with Crippen LogP contribution in [-0.2, 0) is 6.54 Å². The number of nitrogens with zero attached hydrogens (tertiary/aromatic N) is 1. The topological polar surface area (TPSA) is 48.1 Å². The smallest absolute Gasteiger partial charge is 0.138 e. The van der Waals surface area contributed by atoms with Gasteiger partial charge in [0.05, 0.1) is 11.2 Å². The number of pyridine rings is 1. The van der Waals surface area contributed by atoms with E-state index in [0.717, 1.165) is 28.1 Å². The van der Waals surface area contributed by atoms with Gasteiger partial charge in [0.25, 0.3) is 0 Å². The molecule has 19 heavy (non-hydrogen) atoms. The van der Waals surface area contributed by atoms with Crippen molar-refractivity contribution in [1.82, 2.24) is 4.98 Å². The highest BCUT2D eigenvalue weighted by molar-refractivity contribution is 5.85. The quantitative estimate of drug-likeness (QED) is 0.774. The molecule has 0 radical (unpaired) electrons. The first-order chi connectivity index (χ1) is 9.36. The maximum atomic E-state index is 5.94. The second kappa shape index (κ2) is 5.08. The van der Waals surface area contributed by atoms with Gasteiger partial charge in [0.1, 0.15) is 11.5 Å². The molecular formula is C16H14N2O. The lowest BCUT2D eigenvalue weighted by molar-refractivity contribution is 0.487. The molecule has 0 amide bonds. The summed E-state index contributed by atoms with van der Waals surface area (Å²) in [7, 11) is 0. The van der Waals surface area contributed by atoms with E-state index < -0.39 is 0 Å². The summed E-state index contributed by atoms with van der Waals surface area (Å²) < 4.78 is 5.94. The van der Waals surface area contributed by atoms with Crippen molar-refractivity contribution < 1.29 is 4.74 Å². The highest BCUT2D eigenvalue weighted by atomic mass is 16.5. The third-order valence-corrected chi connectivity index (χ3v) is 2.91. The zero-order valence-electron chi connectivity index (χ0n) is 10.4. The van der Waals surface area contributed by atoms with Crippen molar-refractivity contribution in [3.05, 3.63) is 66.4 Å². The number of para-hydroxylation sites is 2. The summed E-state index contributed by atoms with van der Waals surface area (Å²) in [6.45, 7) is 0.399. The fourth-order valence-corrected chi connectivity index (χ4v) is 2.00. The van der Waals surface area contributed by atoms with E-state index >= 15 is 0 Å². The molecular weight excluding hydrogens is 236 g/mol. The molecule has 3 rings (SSSR count). The summed E-state index contributed by atoms with van der Waals surface area (Å²) in [5.41, 5.74) is 7.41. The number of aromatic nitrogens is 1. The van der Waals surface area contributed by atoms with Crippen LogP contribution < -0.4 is 10.5 Å². The lowest BCUT2D eigenvalue weighted by atomic mass is 10.2. The monoisotopic (exact) mass is 250 g/mol. The van der Waals surface area contributed by atoms with Gasteiger partial charge in [0.2, 0.25) is 0 Å². The maximum absolute atomic E-state index is 5.94.